The van der Waals surface area contributed by atoms with Crippen LogP contribution in [0, 0.1) is 12.7 Å². The molecule has 0 spiro atoms. The van der Waals surface area contributed by atoms with E-state index in [-0.39, 0.29) is 5.82 Å². The van der Waals surface area contributed by atoms with Gasteiger partial charge in [0.15, 0.2) is 0 Å². The summed E-state index contributed by atoms with van der Waals surface area (Å²) >= 11 is 0. The van der Waals surface area contributed by atoms with Gasteiger partial charge >= 0.3 is 0 Å². The summed E-state index contributed by atoms with van der Waals surface area (Å²) in [5, 5.41) is 9.66. The van der Waals surface area contributed by atoms with Crippen molar-refractivity contribution in [2.75, 3.05) is 0 Å². The van der Waals surface area contributed by atoms with Crippen LogP contribution in [0.4, 0.5) is 4.39 Å². The molecule has 1 atom stereocenters. The van der Waals surface area contributed by atoms with Crippen molar-refractivity contribution in [3.05, 3.63) is 35.1 Å². The summed E-state index contributed by atoms with van der Waals surface area (Å²) in [6, 6.07) is 4.83. The van der Waals surface area contributed by atoms with Crippen molar-refractivity contribution in [2.24, 2.45) is 0 Å². The third kappa shape index (κ3) is 2.28. The summed E-state index contributed by atoms with van der Waals surface area (Å²) in [5.74, 6) is -0.243. The van der Waals surface area contributed by atoms with Crippen molar-refractivity contribution in [2.45, 2.75) is 32.8 Å². The van der Waals surface area contributed by atoms with Gasteiger partial charge in [0.2, 0.25) is 0 Å². The monoisotopic (exact) mass is 182 g/mol. The first-order valence-corrected chi connectivity index (χ1v) is 4.60. The van der Waals surface area contributed by atoms with E-state index in [1.165, 1.54) is 6.07 Å². The summed E-state index contributed by atoms with van der Waals surface area (Å²) in [4.78, 5) is 0. The lowest BCUT2D eigenvalue weighted by atomic mass is 10.00. The van der Waals surface area contributed by atoms with E-state index in [1.807, 2.05) is 6.92 Å². The van der Waals surface area contributed by atoms with Gasteiger partial charge in [-0.3, -0.25) is 0 Å². The van der Waals surface area contributed by atoms with Gasteiger partial charge in [0.1, 0.15) is 5.82 Å². The molecule has 0 aliphatic rings. The lowest BCUT2D eigenvalue weighted by Crippen LogP contribution is -2.00. The van der Waals surface area contributed by atoms with Gasteiger partial charge in [-0.25, -0.2) is 4.39 Å². The highest BCUT2D eigenvalue weighted by atomic mass is 19.1. The van der Waals surface area contributed by atoms with E-state index < -0.39 is 6.10 Å². The van der Waals surface area contributed by atoms with Crippen LogP contribution in [-0.4, -0.2) is 5.11 Å². The molecule has 0 saturated heterocycles. The Morgan fingerprint density at radius 3 is 2.77 bits per heavy atom. The van der Waals surface area contributed by atoms with Crippen molar-refractivity contribution < 1.29 is 9.50 Å². The molecule has 13 heavy (non-hydrogen) atoms. The van der Waals surface area contributed by atoms with Gasteiger partial charge in [0.05, 0.1) is 6.10 Å². The van der Waals surface area contributed by atoms with E-state index in [1.54, 1.807) is 19.1 Å². The molecule has 1 nitrogen and oxygen atoms in total. The van der Waals surface area contributed by atoms with Crippen LogP contribution in [0.3, 0.4) is 0 Å². The Balaban J connectivity index is 2.93. The van der Waals surface area contributed by atoms with E-state index in [0.717, 1.165) is 6.42 Å². The quantitative estimate of drug-likeness (QED) is 0.762. The predicted octanol–water partition coefficient (Wildman–Crippen LogP) is 2.97. The van der Waals surface area contributed by atoms with Gasteiger partial charge in [-0.1, -0.05) is 25.5 Å². The fraction of sp³-hybridized carbons (Fsp3) is 0.455. The van der Waals surface area contributed by atoms with Crippen molar-refractivity contribution >= 4 is 0 Å². The molecule has 0 fully saturated rings. The smallest absolute Gasteiger partial charge is 0.126 e. The number of aliphatic hydroxyl groups excluding tert-OH is 1. The number of benzene rings is 1. The first kappa shape index (κ1) is 10.2. The normalized spacial score (nSPS) is 12.9. The molecule has 1 aromatic carbocycles. The summed E-state index contributed by atoms with van der Waals surface area (Å²) in [6.07, 6.45) is 1.06. The minimum atomic E-state index is -0.527. The zero-order valence-corrected chi connectivity index (χ0v) is 8.05. The largest absolute Gasteiger partial charge is 0.388 e. The predicted molar refractivity (Wildman–Crippen MR) is 51.0 cm³/mol. The van der Waals surface area contributed by atoms with Crippen LogP contribution in [-0.2, 0) is 0 Å². The molecule has 1 N–H and O–H groups in total. The van der Waals surface area contributed by atoms with Crippen LogP contribution < -0.4 is 0 Å². The van der Waals surface area contributed by atoms with Crippen molar-refractivity contribution in [1.29, 1.82) is 0 Å². The summed E-state index contributed by atoms with van der Waals surface area (Å²) in [7, 11) is 0. The Kier molecular flexibility index (Phi) is 3.43. The standard InChI is InChI=1S/C11H15FO/c1-3-5-11(13)9-6-4-7-10(12)8(9)2/h4,6-7,11,13H,3,5H2,1-2H3/t11-/m0/s1. The van der Waals surface area contributed by atoms with Gasteiger partial charge < -0.3 is 5.11 Å². The molecule has 0 amide bonds. The van der Waals surface area contributed by atoms with Crippen LogP contribution in [0.2, 0.25) is 0 Å². The molecule has 0 aliphatic carbocycles. The molecule has 72 valence electrons. The SMILES string of the molecule is CCC[C@H](O)c1cccc(F)c1C. The van der Waals surface area contributed by atoms with E-state index in [0.29, 0.717) is 17.5 Å². The maximum atomic E-state index is 13.1. The van der Waals surface area contributed by atoms with Crippen LogP contribution in [0.15, 0.2) is 18.2 Å². The second kappa shape index (κ2) is 4.38. The molecule has 0 aliphatic heterocycles. The van der Waals surface area contributed by atoms with Crippen molar-refractivity contribution in [3.8, 4) is 0 Å². The van der Waals surface area contributed by atoms with Gasteiger partial charge in [-0.15, -0.1) is 0 Å². The second-order valence-corrected chi connectivity index (χ2v) is 3.26. The van der Waals surface area contributed by atoms with E-state index in [2.05, 4.69) is 0 Å². The van der Waals surface area contributed by atoms with Gasteiger partial charge in [-0.05, 0) is 30.5 Å². The maximum Gasteiger partial charge on any atom is 0.126 e. The van der Waals surface area contributed by atoms with E-state index in [4.69, 9.17) is 0 Å². The minimum Gasteiger partial charge on any atom is -0.388 e. The molecule has 1 rings (SSSR count). The molecule has 0 aromatic heterocycles. The molecule has 0 radical (unpaired) electrons. The highest BCUT2D eigenvalue weighted by molar-refractivity contribution is 5.29. The van der Waals surface area contributed by atoms with Gasteiger partial charge in [0.25, 0.3) is 0 Å². The Bertz CT molecular complexity index is 283. The lowest BCUT2D eigenvalue weighted by Gasteiger charge is -2.12. The maximum absolute atomic E-state index is 13.1. The van der Waals surface area contributed by atoms with Crippen molar-refractivity contribution in [1.82, 2.24) is 0 Å². The molecule has 0 heterocycles. The molecule has 0 bridgehead atoms. The Morgan fingerprint density at radius 2 is 2.15 bits per heavy atom. The third-order valence-corrected chi connectivity index (χ3v) is 2.23. The van der Waals surface area contributed by atoms with E-state index >= 15 is 0 Å². The molecule has 0 saturated carbocycles. The Hall–Kier alpha value is -0.890. The molecule has 1 aromatic rings. The number of hydrogen-bond acceptors (Lipinski definition) is 1. The topological polar surface area (TPSA) is 20.2 Å². The molecule has 2 heteroatoms. The fourth-order valence-corrected chi connectivity index (χ4v) is 1.41. The number of halogens is 1. The minimum absolute atomic E-state index is 0.243. The van der Waals surface area contributed by atoms with Gasteiger partial charge in [0, 0.05) is 0 Å². The fourth-order valence-electron chi connectivity index (χ4n) is 1.41. The molecular weight excluding hydrogens is 167 g/mol. The summed E-state index contributed by atoms with van der Waals surface area (Å²) in [5.41, 5.74) is 1.27. The average Bonchev–Trinajstić information content (AvgIpc) is 2.10. The van der Waals surface area contributed by atoms with Crippen LogP contribution in [0.5, 0.6) is 0 Å². The first-order valence-electron chi connectivity index (χ1n) is 4.60. The van der Waals surface area contributed by atoms with Crippen LogP contribution >= 0.6 is 0 Å². The van der Waals surface area contributed by atoms with Crippen molar-refractivity contribution in [3.63, 3.8) is 0 Å². The zero-order valence-electron chi connectivity index (χ0n) is 8.05. The molecule has 0 unspecified atom stereocenters. The third-order valence-electron chi connectivity index (χ3n) is 2.23. The van der Waals surface area contributed by atoms with E-state index in [9.17, 15) is 9.50 Å². The number of rotatable bonds is 3. The van der Waals surface area contributed by atoms with Gasteiger partial charge in [-0.2, -0.15) is 0 Å². The highest BCUT2D eigenvalue weighted by Crippen LogP contribution is 2.23. The lowest BCUT2D eigenvalue weighted by molar-refractivity contribution is 0.165. The number of hydrogen-bond donors (Lipinski definition) is 1. The first-order chi connectivity index (χ1) is 6.16. The summed E-state index contributed by atoms with van der Waals surface area (Å²) < 4.78 is 13.1. The zero-order chi connectivity index (χ0) is 9.84. The highest BCUT2D eigenvalue weighted by Gasteiger charge is 2.11. The van der Waals surface area contributed by atoms with Crippen LogP contribution in [0.1, 0.15) is 37.0 Å². The second-order valence-electron chi connectivity index (χ2n) is 3.26. The summed E-state index contributed by atoms with van der Waals surface area (Å²) in [6.45, 7) is 3.70. The molecular formula is C11H15FO. The Morgan fingerprint density at radius 1 is 1.46 bits per heavy atom. The average molecular weight is 182 g/mol. The van der Waals surface area contributed by atoms with Crippen LogP contribution in [0.25, 0.3) is 0 Å². The Labute approximate surface area is 78.2 Å². The number of aliphatic hydroxyl groups is 1.